The van der Waals surface area contributed by atoms with Gasteiger partial charge in [-0.1, -0.05) is 62.7 Å². The summed E-state index contributed by atoms with van der Waals surface area (Å²) in [5.41, 5.74) is 10.7. The number of carbonyl (C=O) groups excluding carboxylic acids is 1. The van der Waals surface area contributed by atoms with Gasteiger partial charge in [0.25, 0.3) is 0 Å². The van der Waals surface area contributed by atoms with Crippen molar-refractivity contribution in [1.29, 1.82) is 10.8 Å². The van der Waals surface area contributed by atoms with Gasteiger partial charge in [-0.25, -0.2) is 9.79 Å². The number of amidine groups is 1. The van der Waals surface area contributed by atoms with Crippen LogP contribution in [0.1, 0.15) is 69.4 Å². The van der Waals surface area contributed by atoms with Gasteiger partial charge in [0.15, 0.2) is 0 Å². The molecule has 1 aliphatic carbocycles. The summed E-state index contributed by atoms with van der Waals surface area (Å²) in [4.78, 5) is 20.3. The molecule has 1 fully saturated rings. The number of nitrogens with zero attached hydrogens (tertiary/aromatic N) is 3. The molecule has 2 aromatic carbocycles. The Kier molecular flexibility index (Phi) is 10.8. The SMILES string of the molecule is Cc1ccc(N=C(C=C(N)C(C)(C)C)NC(=O)N[C@H]2CC[C@@H](Oc3ccc(=N)n(C(=N)[C@H](C)N4CCOCC4)c3)c3ccccc32)cc1. The Morgan fingerprint density at radius 1 is 1.06 bits per heavy atom. The van der Waals surface area contributed by atoms with E-state index in [4.69, 9.17) is 26.0 Å². The molecule has 0 spiro atoms. The molecule has 48 heavy (non-hydrogen) atoms. The quantitative estimate of drug-likeness (QED) is 0.164. The summed E-state index contributed by atoms with van der Waals surface area (Å²) in [6, 6.07) is 18.4. The number of hydrogen-bond donors (Lipinski definition) is 5. The molecular formula is C37H48N8O3. The van der Waals surface area contributed by atoms with E-state index in [1.807, 2.05) is 83.1 Å². The number of nitrogens with two attached hydrogens (primary N) is 1. The molecule has 0 radical (unpaired) electrons. The number of allylic oxidation sites excluding steroid dienone is 1. The van der Waals surface area contributed by atoms with Gasteiger partial charge >= 0.3 is 6.03 Å². The number of hydrogen-bond acceptors (Lipinski definition) is 8. The molecule has 254 valence electrons. The van der Waals surface area contributed by atoms with Gasteiger partial charge in [-0.05, 0) is 62.1 Å². The fourth-order valence-electron chi connectivity index (χ4n) is 5.81. The van der Waals surface area contributed by atoms with Crippen LogP contribution in [0.25, 0.3) is 0 Å². The summed E-state index contributed by atoms with van der Waals surface area (Å²) < 4.78 is 13.6. The molecule has 0 unspecified atom stereocenters. The van der Waals surface area contributed by atoms with E-state index < -0.39 is 0 Å². The Hall–Kier alpha value is -4.74. The first-order valence-electron chi connectivity index (χ1n) is 16.5. The summed E-state index contributed by atoms with van der Waals surface area (Å²) in [5.74, 6) is 1.25. The van der Waals surface area contributed by atoms with Crippen LogP contribution in [0, 0.1) is 23.2 Å². The van der Waals surface area contributed by atoms with Gasteiger partial charge in [0, 0.05) is 30.3 Å². The van der Waals surface area contributed by atoms with E-state index >= 15 is 0 Å². The molecule has 5 rings (SSSR count). The lowest BCUT2D eigenvalue weighted by molar-refractivity contribution is 0.0311. The maximum atomic E-state index is 13.4. The fraction of sp³-hybridized carbons (Fsp3) is 0.405. The van der Waals surface area contributed by atoms with E-state index in [-0.39, 0.29) is 35.1 Å². The first kappa shape index (κ1) is 34.6. The standard InChI is InChI=1S/C37H48N8O3/c1-24-10-12-26(13-11-24)41-34(22-32(38)37(3,4)5)43-36(46)42-30-15-16-31(29-9-7-6-8-28(29)30)48-27-14-17-33(39)45(23-27)35(40)25(2)44-18-20-47-21-19-44/h6-14,17,22-23,25,30-31,39-40H,15-16,18-21,38H2,1-5H3,(H2,41,42,43,46)/t25-,30-,31+/m0/s1. The molecule has 2 amide bonds. The third kappa shape index (κ3) is 8.59. The smallest absolute Gasteiger partial charge is 0.320 e. The van der Waals surface area contributed by atoms with Crippen molar-refractivity contribution in [1.82, 2.24) is 20.1 Å². The zero-order chi connectivity index (χ0) is 34.4. The highest BCUT2D eigenvalue weighted by Gasteiger charge is 2.30. The monoisotopic (exact) mass is 652 g/mol. The lowest BCUT2D eigenvalue weighted by atomic mass is 9.85. The van der Waals surface area contributed by atoms with Crippen molar-refractivity contribution < 1.29 is 14.3 Å². The van der Waals surface area contributed by atoms with E-state index in [2.05, 4.69) is 20.5 Å². The third-order valence-corrected chi connectivity index (χ3v) is 8.87. The number of urea groups is 1. The number of pyridine rings is 1. The first-order valence-corrected chi connectivity index (χ1v) is 16.5. The molecule has 11 heteroatoms. The van der Waals surface area contributed by atoms with Crippen molar-refractivity contribution in [2.24, 2.45) is 16.1 Å². The second kappa shape index (κ2) is 15.0. The van der Waals surface area contributed by atoms with Crippen LogP contribution in [0.2, 0.25) is 0 Å². The van der Waals surface area contributed by atoms with Crippen molar-refractivity contribution in [3.05, 3.63) is 101 Å². The second-order valence-electron chi connectivity index (χ2n) is 13.5. The Labute approximate surface area is 282 Å². The van der Waals surface area contributed by atoms with Crippen LogP contribution >= 0.6 is 0 Å². The largest absolute Gasteiger partial charge is 0.484 e. The first-order chi connectivity index (χ1) is 22.9. The van der Waals surface area contributed by atoms with E-state index in [1.54, 1.807) is 29.0 Å². The van der Waals surface area contributed by atoms with E-state index in [9.17, 15) is 4.79 Å². The maximum Gasteiger partial charge on any atom is 0.320 e. The number of amides is 2. The Morgan fingerprint density at radius 3 is 2.44 bits per heavy atom. The molecular weight excluding hydrogens is 604 g/mol. The average molecular weight is 653 g/mol. The number of nitrogens with one attached hydrogen (secondary N) is 4. The second-order valence-corrected chi connectivity index (χ2v) is 13.5. The van der Waals surface area contributed by atoms with Crippen LogP contribution in [0.5, 0.6) is 5.75 Å². The number of aromatic nitrogens is 1. The van der Waals surface area contributed by atoms with Crippen LogP contribution < -0.4 is 26.6 Å². The number of rotatable bonds is 7. The number of ether oxygens (including phenoxy) is 2. The third-order valence-electron chi connectivity index (χ3n) is 8.87. The van der Waals surface area contributed by atoms with Crippen molar-refractivity contribution in [3.8, 4) is 5.75 Å². The highest BCUT2D eigenvalue weighted by atomic mass is 16.5. The number of carbonyl (C=O) groups is 1. The highest BCUT2D eigenvalue weighted by molar-refractivity contribution is 6.05. The Bertz CT molecular complexity index is 1730. The van der Waals surface area contributed by atoms with Gasteiger partial charge in [-0.3, -0.25) is 25.6 Å². The fourth-order valence-corrected chi connectivity index (χ4v) is 5.81. The number of aliphatic imine (C=N–C) groups is 1. The molecule has 0 bridgehead atoms. The number of fused-ring (bicyclic) bond motifs is 1. The van der Waals surface area contributed by atoms with Gasteiger partial charge < -0.3 is 20.5 Å². The minimum Gasteiger partial charge on any atom is -0.484 e. The minimum absolute atomic E-state index is 0.172. The number of benzene rings is 2. The summed E-state index contributed by atoms with van der Waals surface area (Å²) in [6.45, 7) is 12.8. The van der Waals surface area contributed by atoms with Crippen LogP contribution in [0.3, 0.4) is 0 Å². The van der Waals surface area contributed by atoms with E-state index in [0.717, 1.165) is 29.8 Å². The molecule has 3 aromatic rings. The summed E-state index contributed by atoms with van der Waals surface area (Å²) in [5, 5.41) is 23.4. The van der Waals surface area contributed by atoms with Crippen LogP contribution in [-0.4, -0.2) is 59.5 Å². The molecule has 1 aliphatic heterocycles. The van der Waals surface area contributed by atoms with Crippen LogP contribution in [0.15, 0.2) is 83.6 Å². The zero-order valence-electron chi connectivity index (χ0n) is 28.5. The molecule has 2 aliphatic rings. The van der Waals surface area contributed by atoms with Gasteiger partial charge in [-0.15, -0.1) is 0 Å². The van der Waals surface area contributed by atoms with E-state index in [1.165, 1.54) is 0 Å². The van der Waals surface area contributed by atoms with Gasteiger partial charge in [0.1, 0.15) is 29.0 Å². The zero-order valence-corrected chi connectivity index (χ0v) is 28.5. The normalized spacial score (nSPS) is 19.6. The van der Waals surface area contributed by atoms with Crippen LogP contribution in [-0.2, 0) is 4.74 Å². The van der Waals surface area contributed by atoms with Crippen LogP contribution in [0.4, 0.5) is 10.5 Å². The van der Waals surface area contributed by atoms with Gasteiger partial charge in [-0.2, -0.15) is 0 Å². The summed E-state index contributed by atoms with van der Waals surface area (Å²) >= 11 is 0. The minimum atomic E-state index is -0.377. The lowest BCUT2D eigenvalue weighted by Gasteiger charge is -2.33. The lowest BCUT2D eigenvalue weighted by Crippen LogP contribution is -2.48. The van der Waals surface area contributed by atoms with Crippen molar-refractivity contribution in [2.45, 2.75) is 65.6 Å². The average Bonchev–Trinajstić information content (AvgIpc) is 3.07. The summed E-state index contributed by atoms with van der Waals surface area (Å²) in [7, 11) is 0. The van der Waals surface area contributed by atoms with Crippen molar-refractivity contribution in [3.63, 3.8) is 0 Å². The molecule has 11 nitrogen and oxygen atoms in total. The Balaban J connectivity index is 1.31. The van der Waals surface area contributed by atoms with E-state index in [0.29, 0.717) is 54.9 Å². The molecule has 3 atom stereocenters. The summed E-state index contributed by atoms with van der Waals surface area (Å²) in [6.07, 6.45) is 4.50. The molecule has 2 heterocycles. The molecule has 1 aromatic heterocycles. The molecule has 6 N–H and O–H groups in total. The number of morpholine rings is 1. The Morgan fingerprint density at radius 2 is 1.75 bits per heavy atom. The van der Waals surface area contributed by atoms with Gasteiger partial charge in [0.2, 0.25) is 0 Å². The van der Waals surface area contributed by atoms with Crippen molar-refractivity contribution in [2.75, 3.05) is 26.3 Å². The molecule has 1 saturated heterocycles. The topological polar surface area (TPSA) is 154 Å². The van der Waals surface area contributed by atoms with Gasteiger partial charge in [0.05, 0.1) is 37.2 Å². The predicted octanol–water partition coefficient (Wildman–Crippen LogP) is 5.70. The predicted molar refractivity (Wildman–Crippen MR) is 189 cm³/mol. The van der Waals surface area contributed by atoms with Crippen molar-refractivity contribution >= 4 is 23.4 Å². The highest BCUT2D eigenvalue weighted by Crippen LogP contribution is 2.38. The maximum absolute atomic E-state index is 13.4. The molecule has 0 saturated carbocycles. The number of aryl methyl sites for hydroxylation is 1.